The van der Waals surface area contributed by atoms with Crippen molar-refractivity contribution in [2.45, 2.75) is 16.5 Å². The first-order valence-electron chi connectivity index (χ1n) is 6.04. The van der Waals surface area contributed by atoms with Crippen LogP contribution < -0.4 is 5.73 Å². The number of hydrogen-bond donors (Lipinski definition) is 1. The number of fused-ring (bicyclic) bond motifs is 1. The molecule has 3 rings (SSSR count). The van der Waals surface area contributed by atoms with E-state index in [1.54, 1.807) is 18.0 Å². The molecule has 2 aromatic carbocycles. The van der Waals surface area contributed by atoms with E-state index in [9.17, 15) is 0 Å². The van der Waals surface area contributed by atoms with Crippen molar-refractivity contribution >= 4 is 22.5 Å². The molecule has 3 nitrogen and oxygen atoms in total. The van der Waals surface area contributed by atoms with Gasteiger partial charge in [-0.2, -0.15) is 5.10 Å². The molecule has 19 heavy (non-hydrogen) atoms. The third-order valence-electron chi connectivity index (χ3n) is 2.92. The minimum absolute atomic E-state index is 0.478. The normalized spacial score (nSPS) is 10.8. The first-order valence-corrected chi connectivity index (χ1v) is 6.86. The van der Waals surface area contributed by atoms with Crippen LogP contribution in [0.3, 0.4) is 0 Å². The molecule has 0 saturated heterocycles. The summed E-state index contributed by atoms with van der Waals surface area (Å²) >= 11 is 1.60. The Morgan fingerprint density at radius 3 is 2.68 bits per heavy atom. The Morgan fingerprint density at radius 2 is 1.84 bits per heavy atom. The van der Waals surface area contributed by atoms with E-state index in [1.807, 2.05) is 18.2 Å². The van der Waals surface area contributed by atoms with Crippen molar-refractivity contribution in [2.75, 3.05) is 0 Å². The van der Waals surface area contributed by atoms with Crippen LogP contribution in [0.5, 0.6) is 0 Å². The molecule has 0 aliphatic carbocycles. The van der Waals surface area contributed by atoms with Gasteiger partial charge in [0, 0.05) is 23.2 Å². The molecule has 0 spiro atoms. The van der Waals surface area contributed by atoms with Gasteiger partial charge in [-0.05, 0) is 29.0 Å². The third kappa shape index (κ3) is 2.59. The van der Waals surface area contributed by atoms with Crippen molar-refractivity contribution in [3.05, 3.63) is 60.3 Å². The number of benzene rings is 2. The zero-order chi connectivity index (χ0) is 13.1. The van der Waals surface area contributed by atoms with Crippen LogP contribution in [0, 0.1) is 0 Å². The molecule has 0 saturated carbocycles. The fraction of sp³-hybridized carbons (Fsp3) is 0.0667. The van der Waals surface area contributed by atoms with Crippen molar-refractivity contribution in [3.8, 4) is 0 Å². The highest BCUT2D eigenvalue weighted by Crippen LogP contribution is 2.30. The lowest BCUT2D eigenvalue weighted by Crippen LogP contribution is -2.00. The van der Waals surface area contributed by atoms with Crippen LogP contribution in [-0.4, -0.2) is 10.2 Å². The van der Waals surface area contributed by atoms with E-state index in [4.69, 9.17) is 5.73 Å². The zero-order valence-electron chi connectivity index (χ0n) is 10.3. The summed E-state index contributed by atoms with van der Waals surface area (Å²) in [5.74, 6) is 0. The average molecular weight is 267 g/mol. The first-order chi connectivity index (χ1) is 9.36. The molecule has 0 atom stereocenters. The molecule has 0 radical (unpaired) electrons. The van der Waals surface area contributed by atoms with Gasteiger partial charge in [0.05, 0.1) is 0 Å². The number of aromatic nitrogens is 2. The summed E-state index contributed by atoms with van der Waals surface area (Å²) < 4.78 is 0. The molecule has 0 bridgehead atoms. The topological polar surface area (TPSA) is 51.8 Å². The minimum Gasteiger partial charge on any atom is -0.326 e. The Bertz CT molecular complexity index is 712. The SMILES string of the molecule is NCc1ccnnc1Sc1ccc2ccccc2c1. The first kappa shape index (κ1) is 12.1. The summed E-state index contributed by atoms with van der Waals surface area (Å²) in [4.78, 5) is 1.15. The quantitative estimate of drug-likeness (QED) is 0.791. The average Bonchev–Trinajstić information content (AvgIpc) is 2.48. The summed E-state index contributed by atoms with van der Waals surface area (Å²) in [5, 5.41) is 11.4. The van der Waals surface area contributed by atoms with Gasteiger partial charge in [0.15, 0.2) is 0 Å². The summed E-state index contributed by atoms with van der Waals surface area (Å²) in [6, 6.07) is 16.6. The van der Waals surface area contributed by atoms with Crippen LogP contribution >= 0.6 is 11.8 Å². The highest BCUT2D eigenvalue weighted by atomic mass is 32.2. The Balaban J connectivity index is 1.96. The number of rotatable bonds is 3. The van der Waals surface area contributed by atoms with E-state index >= 15 is 0 Å². The van der Waals surface area contributed by atoms with Crippen molar-refractivity contribution in [3.63, 3.8) is 0 Å². The van der Waals surface area contributed by atoms with Gasteiger partial charge < -0.3 is 5.73 Å². The molecule has 1 aromatic heterocycles. The third-order valence-corrected chi connectivity index (χ3v) is 3.95. The maximum absolute atomic E-state index is 5.71. The molecule has 0 aliphatic rings. The van der Waals surface area contributed by atoms with E-state index in [2.05, 4.69) is 40.5 Å². The van der Waals surface area contributed by atoms with Crippen molar-refractivity contribution in [1.29, 1.82) is 0 Å². The van der Waals surface area contributed by atoms with Gasteiger partial charge in [-0.25, -0.2) is 0 Å². The number of nitrogens with two attached hydrogens (primary N) is 1. The maximum atomic E-state index is 5.71. The van der Waals surface area contributed by atoms with Crippen LogP contribution in [0.1, 0.15) is 5.56 Å². The van der Waals surface area contributed by atoms with Crippen LogP contribution in [0.25, 0.3) is 10.8 Å². The molecule has 94 valence electrons. The minimum atomic E-state index is 0.478. The lowest BCUT2D eigenvalue weighted by Gasteiger charge is -2.06. The standard InChI is InChI=1S/C15H13N3S/c16-10-13-7-8-17-18-15(13)19-14-6-5-11-3-1-2-4-12(11)9-14/h1-9H,10,16H2. The van der Waals surface area contributed by atoms with E-state index in [1.165, 1.54) is 10.8 Å². The monoisotopic (exact) mass is 267 g/mol. The summed E-state index contributed by atoms with van der Waals surface area (Å²) in [7, 11) is 0. The summed E-state index contributed by atoms with van der Waals surface area (Å²) in [5.41, 5.74) is 6.74. The van der Waals surface area contributed by atoms with Gasteiger partial charge in [-0.15, -0.1) is 5.10 Å². The van der Waals surface area contributed by atoms with Crippen LogP contribution in [0.4, 0.5) is 0 Å². The largest absolute Gasteiger partial charge is 0.326 e. The predicted molar refractivity (Wildman–Crippen MR) is 78.0 cm³/mol. The van der Waals surface area contributed by atoms with Crippen molar-refractivity contribution in [1.82, 2.24) is 10.2 Å². The molecule has 0 fully saturated rings. The second-order valence-electron chi connectivity index (χ2n) is 4.18. The molecule has 0 unspecified atom stereocenters. The second kappa shape index (κ2) is 5.38. The van der Waals surface area contributed by atoms with Crippen molar-refractivity contribution in [2.24, 2.45) is 5.73 Å². The van der Waals surface area contributed by atoms with E-state index in [-0.39, 0.29) is 0 Å². The van der Waals surface area contributed by atoms with E-state index in [0.717, 1.165) is 15.5 Å². The van der Waals surface area contributed by atoms with Gasteiger partial charge in [0.25, 0.3) is 0 Å². The Kier molecular flexibility index (Phi) is 3.44. The lowest BCUT2D eigenvalue weighted by atomic mass is 10.1. The molecule has 3 aromatic rings. The zero-order valence-corrected chi connectivity index (χ0v) is 11.1. The summed E-state index contributed by atoms with van der Waals surface area (Å²) in [6.07, 6.45) is 1.67. The fourth-order valence-electron chi connectivity index (χ4n) is 1.93. The number of nitrogens with zero attached hydrogens (tertiary/aromatic N) is 2. The van der Waals surface area contributed by atoms with Gasteiger partial charge in [-0.1, -0.05) is 42.1 Å². The van der Waals surface area contributed by atoms with Gasteiger partial charge in [0.1, 0.15) is 5.03 Å². The molecule has 0 aliphatic heterocycles. The molecular weight excluding hydrogens is 254 g/mol. The molecule has 4 heteroatoms. The Labute approximate surface area is 115 Å². The molecular formula is C15H13N3S. The maximum Gasteiger partial charge on any atom is 0.128 e. The second-order valence-corrected chi connectivity index (χ2v) is 5.24. The predicted octanol–water partition coefficient (Wildman–Crippen LogP) is 3.24. The number of hydrogen-bond acceptors (Lipinski definition) is 4. The van der Waals surface area contributed by atoms with Crippen molar-refractivity contribution < 1.29 is 0 Å². The van der Waals surface area contributed by atoms with Crippen LogP contribution in [0.2, 0.25) is 0 Å². The molecule has 0 amide bonds. The van der Waals surface area contributed by atoms with Crippen LogP contribution in [-0.2, 0) is 6.54 Å². The smallest absolute Gasteiger partial charge is 0.128 e. The summed E-state index contributed by atoms with van der Waals surface area (Å²) in [6.45, 7) is 0.478. The van der Waals surface area contributed by atoms with Crippen LogP contribution in [0.15, 0.2) is 64.6 Å². The Hall–Kier alpha value is -1.91. The molecule has 1 heterocycles. The fourth-order valence-corrected chi connectivity index (χ4v) is 2.84. The Morgan fingerprint density at radius 1 is 1.00 bits per heavy atom. The molecule has 2 N–H and O–H groups in total. The van der Waals surface area contributed by atoms with Gasteiger partial charge in [-0.3, -0.25) is 0 Å². The van der Waals surface area contributed by atoms with E-state index < -0.39 is 0 Å². The lowest BCUT2D eigenvalue weighted by molar-refractivity contribution is 0.866. The van der Waals surface area contributed by atoms with Gasteiger partial charge >= 0.3 is 0 Å². The van der Waals surface area contributed by atoms with Gasteiger partial charge in [0.2, 0.25) is 0 Å². The highest BCUT2D eigenvalue weighted by Gasteiger charge is 2.05. The van der Waals surface area contributed by atoms with E-state index in [0.29, 0.717) is 6.54 Å². The highest BCUT2D eigenvalue weighted by molar-refractivity contribution is 7.99.